The van der Waals surface area contributed by atoms with Gasteiger partial charge >= 0.3 is 11.8 Å². The number of esters is 1. The summed E-state index contributed by atoms with van der Waals surface area (Å²) in [4.78, 5) is 29.9. The Hall–Kier alpha value is -2.55. The number of nitro groups is 1. The highest BCUT2D eigenvalue weighted by Gasteiger charge is 2.17. The summed E-state index contributed by atoms with van der Waals surface area (Å²) in [5, 5.41) is 13.6. The van der Waals surface area contributed by atoms with E-state index in [0.29, 0.717) is 11.5 Å². The highest BCUT2D eigenvalue weighted by Crippen LogP contribution is 2.13. The monoisotopic (exact) mass is 322 g/mol. The van der Waals surface area contributed by atoms with Gasteiger partial charge < -0.3 is 14.9 Å². The lowest BCUT2D eigenvalue weighted by Crippen LogP contribution is -2.12. The maximum Gasteiger partial charge on any atom is 0.342 e. The topological polar surface area (TPSA) is 100 Å². The van der Waals surface area contributed by atoms with E-state index < -0.39 is 10.9 Å². The molecule has 0 aliphatic heterocycles. The summed E-state index contributed by atoms with van der Waals surface area (Å²) >= 11 is 1.49. The molecule has 0 aromatic carbocycles. The Morgan fingerprint density at radius 3 is 2.95 bits per heavy atom. The van der Waals surface area contributed by atoms with Crippen LogP contribution in [0.25, 0.3) is 6.08 Å². The molecule has 9 heteroatoms. The smallest absolute Gasteiger partial charge is 0.342 e. The van der Waals surface area contributed by atoms with E-state index >= 15 is 0 Å². The van der Waals surface area contributed by atoms with Crippen LogP contribution in [0.15, 0.2) is 17.7 Å². The number of nitrogens with zero attached hydrogens (tertiary/aromatic N) is 4. The maximum atomic E-state index is 11.6. The molecule has 116 valence electrons. The Labute approximate surface area is 130 Å². The van der Waals surface area contributed by atoms with Crippen molar-refractivity contribution >= 4 is 29.2 Å². The fourth-order valence-corrected chi connectivity index (χ4v) is 2.35. The molecular formula is C13H14N4O4S. The van der Waals surface area contributed by atoms with Crippen LogP contribution < -0.4 is 0 Å². The summed E-state index contributed by atoms with van der Waals surface area (Å²) in [5.41, 5.74) is 0.695. The zero-order valence-electron chi connectivity index (χ0n) is 12.1. The summed E-state index contributed by atoms with van der Waals surface area (Å²) in [6, 6.07) is 0. The molecule has 2 aromatic rings. The van der Waals surface area contributed by atoms with Crippen LogP contribution in [-0.2, 0) is 16.1 Å². The van der Waals surface area contributed by atoms with Gasteiger partial charge in [0.1, 0.15) is 19.3 Å². The molecule has 0 N–H and O–H groups in total. The van der Waals surface area contributed by atoms with Gasteiger partial charge in [0, 0.05) is 18.4 Å². The minimum absolute atomic E-state index is 0.0251. The zero-order chi connectivity index (χ0) is 16.1. The van der Waals surface area contributed by atoms with E-state index in [9.17, 15) is 14.9 Å². The molecule has 0 aliphatic rings. The van der Waals surface area contributed by atoms with Gasteiger partial charge in [0.05, 0.1) is 10.7 Å². The highest BCUT2D eigenvalue weighted by atomic mass is 32.1. The van der Waals surface area contributed by atoms with Crippen molar-refractivity contribution < 1.29 is 14.5 Å². The molecular weight excluding hydrogens is 308 g/mol. The van der Waals surface area contributed by atoms with Crippen molar-refractivity contribution in [3.8, 4) is 0 Å². The zero-order valence-corrected chi connectivity index (χ0v) is 12.9. The van der Waals surface area contributed by atoms with Crippen LogP contribution in [-0.4, -0.2) is 32.0 Å². The summed E-state index contributed by atoms with van der Waals surface area (Å²) < 4.78 is 6.40. The molecule has 0 aliphatic carbocycles. The van der Waals surface area contributed by atoms with E-state index in [4.69, 9.17) is 4.74 Å². The molecule has 0 spiro atoms. The summed E-state index contributed by atoms with van der Waals surface area (Å²) in [7, 11) is 0. The summed E-state index contributed by atoms with van der Waals surface area (Å²) in [6.07, 6.45) is 4.03. The maximum absolute atomic E-state index is 11.6. The third-order valence-electron chi connectivity index (χ3n) is 2.81. The third-order valence-corrected chi connectivity index (χ3v) is 3.60. The first kappa shape index (κ1) is 15.8. The normalized spacial score (nSPS) is 11.0. The number of carbonyl (C=O) groups excluding carboxylic acids is 1. The number of rotatable bonds is 6. The van der Waals surface area contributed by atoms with Gasteiger partial charge in [0.15, 0.2) is 5.82 Å². The Morgan fingerprint density at radius 1 is 1.55 bits per heavy atom. The van der Waals surface area contributed by atoms with Crippen LogP contribution in [0.4, 0.5) is 5.82 Å². The van der Waals surface area contributed by atoms with Gasteiger partial charge in [-0.05, 0) is 17.9 Å². The van der Waals surface area contributed by atoms with Gasteiger partial charge in [-0.2, -0.15) is 0 Å². The van der Waals surface area contributed by atoms with E-state index in [1.807, 2.05) is 12.3 Å². The molecule has 0 atom stereocenters. The first-order chi connectivity index (χ1) is 10.5. The number of thiazole rings is 1. The average Bonchev–Trinajstić information content (AvgIpc) is 3.03. The third kappa shape index (κ3) is 3.98. The molecule has 0 amide bonds. The van der Waals surface area contributed by atoms with Crippen LogP contribution >= 0.6 is 11.3 Å². The molecule has 0 saturated carbocycles. The first-order valence-corrected chi connectivity index (χ1v) is 7.29. The van der Waals surface area contributed by atoms with Crippen molar-refractivity contribution in [1.29, 1.82) is 0 Å². The fourth-order valence-electron chi connectivity index (χ4n) is 1.77. The molecule has 0 fully saturated rings. The molecule has 0 bridgehead atoms. The minimum atomic E-state index is -0.522. The standard InChI is InChI=1S/C13H14N4O4S/c1-9-14-7-12(17(19)20)16(9)5-6-21-13(18)4-3-11-8-22-10(2)15-11/h3-4,7-8H,5-6H2,1-2H3/b4-3+. The van der Waals surface area contributed by atoms with Crippen molar-refractivity contribution in [2.75, 3.05) is 6.61 Å². The Balaban J connectivity index is 1.86. The van der Waals surface area contributed by atoms with Crippen molar-refractivity contribution in [2.24, 2.45) is 0 Å². The van der Waals surface area contributed by atoms with Gasteiger partial charge in [-0.25, -0.2) is 19.3 Å². The van der Waals surface area contributed by atoms with Gasteiger partial charge in [-0.1, -0.05) is 0 Å². The first-order valence-electron chi connectivity index (χ1n) is 6.41. The molecule has 22 heavy (non-hydrogen) atoms. The van der Waals surface area contributed by atoms with Crippen molar-refractivity contribution in [2.45, 2.75) is 20.4 Å². The number of carbonyl (C=O) groups is 1. The summed E-state index contributed by atoms with van der Waals surface area (Å²) in [6.45, 7) is 3.73. The van der Waals surface area contributed by atoms with E-state index in [1.54, 1.807) is 13.0 Å². The van der Waals surface area contributed by atoms with Gasteiger partial charge in [-0.15, -0.1) is 11.3 Å². The minimum Gasteiger partial charge on any atom is -0.458 e. The van der Waals surface area contributed by atoms with E-state index in [2.05, 4.69) is 9.97 Å². The predicted octanol–water partition coefficient (Wildman–Crippen LogP) is 2.12. The number of imidazole rings is 1. The molecule has 2 heterocycles. The number of hydrogen-bond donors (Lipinski definition) is 0. The Morgan fingerprint density at radius 2 is 2.32 bits per heavy atom. The second kappa shape index (κ2) is 6.94. The summed E-state index contributed by atoms with van der Waals surface area (Å²) in [5.74, 6) is -0.149. The quantitative estimate of drug-likeness (QED) is 0.349. The Bertz CT molecular complexity index is 719. The van der Waals surface area contributed by atoms with Crippen LogP contribution in [0, 0.1) is 24.0 Å². The molecule has 0 saturated heterocycles. The van der Waals surface area contributed by atoms with Crippen LogP contribution in [0.5, 0.6) is 0 Å². The second-order valence-electron chi connectivity index (χ2n) is 4.36. The number of aromatic nitrogens is 3. The molecule has 0 unspecified atom stereocenters. The number of hydrogen-bond acceptors (Lipinski definition) is 7. The van der Waals surface area contributed by atoms with Crippen molar-refractivity contribution in [3.05, 3.63) is 44.3 Å². The number of aryl methyl sites for hydroxylation is 2. The van der Waals surface area contributed by atoms with Crippen LogP contribution in [0.2, 0.25) is 0 Å². The Kier molecular flexibility index (Phi) is 4.99. The van der Waals surface area contributed by atoms with Gasteiger partial charge in [0.25, 0.3) is 0 Å². The molecule has 8 nitrogen and oxygen atoms in total. The molecule has 2 aromatic heterocycles. The lowest BCUT2D eigenvalue weighted by atomic mass is 10.4. The molecule has 2 rings (SSSR count). The van der Waals surface area contributed by atoms with Gasteiger partial charge in [-0.3, -0.25) is 0 Å². The predicted molar refractivity (Wildman–Crippen MR) is 80.5 cm³/mol. The largest absolute Gasteiger partial charge is 0.458 e. The SMILES string of the molecule is Cc1nc(/C=C/C(=O)OCCn2c([N+](=O)[O-])cnc2C)cs1. The van der Waals surface area contributed by atoms with Crippen molar-refractivity contribution in [3.63, 3.8) is 0 Å². The lowest BCUT2D eigenvalue weighted by molar-refractivity contribution is -0.392. The number of ether oxygens (including phenoxy) is 1. The molecule has 0 radical (unpaired) electrons. The second-order valence-corrected chi connectivity index (χ2v) is 5.43. The van der Waals surface area contributed by atoms with E-state index in [0.717, 1.165) is 5.01 Å². The lowest BCUT2D eigenvalue weighted by Gasteiger charge is -2.03. The van der Waals surface area contributed by atoms with Crippen molar-refractivity contribution in [1.82, 2.24) is 14.5 Å². The van der Waals surface area contributed by atoms with Gasteiger partial charge in [0.2, 0.25) is 0 Å². The van der Waals surface area contributed by atoms with Crippen LogP contribution in [0.3, 0.4) is 0 Å². The van der Waals surface area contributed by atoms with E-state index in [-0.39, 0.29) is 19.0 Å². The highest BCUT2D eigenvalue weighted by molar-refractivity contribution is 7.09. The fraction of sp³-hybridized carbons (Fsp3) is 0.308. The average molecular weight is 322 g/mol. The van der Waals surface area contributed by atoms with Crippen LogP contribution in [0.1, 0.15) is 16.5 Å². The van der Waals surface area contributed by atoms with E-state index in [1.165, 1.54) is 28.2 Å².